The second-order valence-electron chi connectivity index (χ2n) is 6.16. The fourth-order valence-electron chi connectivity index (χ4n) is 1.98. The highest BCUT2D eigenvalue weighted by Crippen LogP contribution is 2.32. The third kappa shape index (κ3) is 7.76. The van der Waals surface area contributed by atoms with Crippen LogP contribution in [0.3, 0.4) is 0 Å². The SMILES string of the molecule is CC(C)(CNC(=O)CCOCC(F)(F)F)c1cccc(C(F)(F)F)c1. The van der Waals surface area contributed by atoms with Crippen molar-refractivity contribution in [1.29, 1.82) is 0 Å². The van der Waals surface area contributed by atoms with Crippen molar-refractivity contribution in [2.75, 3.05) is 19.8 Å². The van der Waals surface area contributed by atoms with Gasteiger partial charge in [0.1, 0.15) is 6.61 Å². The molecule has 0 unspecified atom stereocenters. The molecule has 25 heavy (non-hydrogen) atoms. The Hall–Kier alpha value is -1.77. The van der Waals surface area contributed by atoms with E-state index in [1.165, 1.54) is 12.1 Å². The summed E-state index contributed by atoms with van der Waals surface area (Å²) in [4.78, 5) is 11.6. The topological polar surface area (TPSA) is 38.3 Å². The zero-order chi connectivity index (χ0) is 19.3. The van der Waals surface area contributed by atoms with Gasteiger partial charge in [0.25, 0.3) is 0 Å². The lowest BCUT2D eigenvalue weighted by Crippen LogP contribution is -2.37. The molecule has 1 N–H and O–H groups in total. The van der Waals surface area contributed by atoms with Gasteiger partial charge in [-0.15, -0.1) is 0 Å². The molecular weight excluding hydrogens is 352 g/mol. The van der Waals surface area contributed by atoms with Crippen LogP contribution >= 0.6 is 0 Å². The van der Waals surface area contributed by atoms with Crippen LogP contribution in [0.1, 0.15) is 31.4 Å². The van der Waals surface area contributed by atoms with Crippen LogP contribution in [0.2, 0.25) is 0 Å². The maximum absolute atomic E-state index is 12.8. The van der Waals surface area contributed by atoms with Gasteiger partial charge < -0.3 is 10.1 Å². The summed E-state index contributed by atoms with van der Waals surface area (Å²) in [6.45, 7) is 1.52. The fourth-order valence-corrected chi connectivity index (χ4v) is 1.98. The first-order chi connectivity index (χ1) is 11.3. The van der Waals surface area contributed by atoms with Crippen LogP contribution in [0.4, 0.5) is 26.3 Å². The summed E-state index contributed by atoms with van der Waals surface area (Å²) in [7, 11) is 0. The van der Waals surface area contributed by atoms with Gasteiger partial charge >= 0.3 is 12.4 Å². The fraction of sp³-hybridized carbons (Fsp3) is 0.562. The monoisotopic (exact) mass is 371 g/mol. The molecule has 1 aromatic rings. The second-order valence-corrected chi connectivity index (χ2v) is 6.16. The van der Waals surface area contributed by atoms with Gasteiger partial charge in [-0.05, 0) is 11.6 Å². The normalized spacial score (nSPS) is 13.0. The number of alkyl halides is 6. The van der Waals surface area contributed by atoms with Crippen molar-refractivity contribution in [3.05, 3.63) is 35.4 Å². The molecule has 0 heterocycles. The summed E-state index contributed by atoms with van der Waals surface area (Å²) in [5.41, 5.74) is -1.19. The zero-order valence-corrected chi connectivity index (χ0v) is 13.7. The van der Waals surface area contributed by atoms with Gasteiger partial charge in [0.15, 0.2) is 0 Å². The van der Waals surface area contributed by atoms with Crippen LogP contribution < -0.4 is 5.32 Å². The van der Waals surface area contributed by atoms with E-state index in [-0.39, 0.29) is 13.0 Å². The largest absolute Gasteiger partial charge is 0.416 e. The van der Waals surface area contributed by atoms with Crippen molar-refractivity contribution < 1.29 is 35.9 Å². The van der Waals surface area contributed by atoms with Crippen molar-refractivity contribution >= 4 is 5.91 Å². The number of carbonyl (C=O) groups is 1. The Morgan fingerprint density at radius 1 is 1.08 bits per heavy atom. The average Bonchev–Trinajstić information content (AvgIpc) is 2.48. The van der Waals surface area contributed by atoms with Gasteiger partial charge in [0, 0.05) is 18.4 Å². The van der Waals surface area contributed by atoms with Gasteiger partial charge in [-0.2, -0.15) is 26.3 Å². The van der Waals surface area contributed by atoms with Crippen LogP contribution in [0, 0.1) is 0 Å². The minimum Gasteiger partial charge on any atom is -0.372 e. The number of halogens is 6. The lowest BCUT2D eigenvalue weighted by molar-refractivity contribution is -0.174. The number of nitrogens with one attached hydrogen (secondary N) is 1. The maximum Gasteiger partial charge on any atom is 0.416 e. The first-order valence-electron chi connectivity index (χ1n) is 7.40. The predicted molar refractivity (Wildman–Crippen MR) is 79.0 cm³/mol. The molecule has 0 bridgehead atoms. The van der Waals surface area contributed by atoms with E-state index in [0.29, 0.717) is 5.56 Å². The van der Waals surface area contributed by atoms with Crippen molar-refractivity contribution in [3.63, 3.8) is 0 Å². The smallest absolute Gasteiger partial charge is 0.372 e. The Balaban J connectivity index is 2.54. The first-order valence-corrected chi connectivity index (χ1v) is 7.40. The Morgan fingerprint density at radius 3 is 2.24 bits per heavy atom. The lowest BCUT2D eigenvalue weighted by Gasteiger charge is -2.26. The molecule has 0 saturated heterocycles. The summed E-state index contributed by atoms with van der Waals surface area (Å²) in [5, 5.41) is 2.50. The van der Waals surface area contributed by atoms with Crippen molar-refractivity contribution in [3.8, 4) is 0 Å². The molecule has 0 fully saturated rings. The number of carbonyl (C=O) groups excluding carboxylic acids is 1. The molecule has 0 radical (unpaired) electrons. The Bertz CT molecular complexity index is 581. The van der Waals surface area contributed by atoms with E-state index in [0.717, 1.165) is 12.1 Å². The molecular formula is C16H19F6NO2. The maximum atomic E-state index is 12.8. The number of ether oxygens (including phenoxy) is 1. The molecule has 142 valence electrons. The number of hydrogen-bond acceptors (Lipinski definition) is 2. The van der Waals surface area contributed by atoms with E-state index >= 15 is 0 Å². The quantitative estimate of drug-likeness (QED) is 0.580. The van der Waals surface area contributed by atoms with Gasteiger partial charge in [-0.25, -0.2) is 0 Å². The van der Waals surface area contributed by atoms with Crippen LogP contribution in [-0.2, 0) is 21.1 Å². The van der Waals surface area contributed by atoms with Gasteiger partial charge in [0.2, 0.25) is 5.91 Å². The highest BCUT2D eigenvalue weighted by molar-refractivity contribution is 5.76. The van der Waals surface area contributed by atoms with Crippen LogP contribution in [-0.4, -0.2) is 31.8 Å². The van der Waals surface area contributed by atoms with E-state index in [4.69, 9.17) is 0 Å². The molecule has 0 saturated carbocycles. The zero-order valence-electron chi connectivity index (χ0n) is 13.7. The van der Waals surface area contributed by atoms with Crippen LogP contribution in [0.5, 0.6) is 0 Å². The van der Waals surface area contributed by atoms with E-state index in [1.807, 2.05) is 0 Å². The average molecular weight is 371 g/mol. The standard InChI is InChI=1S/C16H19F6NO2/c1-14(2,11-4-3-5-12(8-11)16(20,21)22)9-23-13(24)6-7-25-10-15(17,18)19/h3-5,8H,6-7,9-10H2,1-2H3,(H,23,24). The number of hydrogen-bond donors (Lipinski definition) is 1. The molecule has 1 rings (SSSR count). The summed E-state index contributed by atoms with van der Waals surface area (Å²) in [5.74, 6) is -0.540. The highest BCUT2D eigenvalue weighted by atomic mass is 19.4. The number of rotatable bonds is 7. The van der Waals surface area contributed by atoms with Crippen molar-refractivity contribution in [2.24, 2.45) is 0 Å². The Morgan fingerprint density at radius 2 is 1.68 bits per heavy atom. The van der Waals surface area contributed by atoms with Gasteiger partial charge in [-0.3, -0.25) is 4.79 Å². The van der Waals surface area contributed by atoms with E-state index in [2.05, 4.69) is 10.1 Å². The molecule has 0 aliphatic carbocycles. The van der Waals surface area contributed by atoms with Crippen LogP contribution in [0.25, 0.3) is 0 Å². The third-order valence-corrected chi connectivity index (χ3v) is 3.44. The van der Waals surface area contributed by atoms with E-state index in [9.17, 15) is 31.1 Å². The molecule has 0 spiro atoms. The molecule has 1 aromatic carbocycles. The number of amides is 1. The molecule has 0 aromatic heterocycles. The highest BCUT2D eigenvalue weighted by Gasteiger charge is 2.32. The molecule has 0 aliphatic heterocycles. The Kier molecular flexibility index (Phi) is 6.87. The van der Waals surface area contributed by atoms with Crippen molar-refractivity contribution in [1.82, 2.24) is 5.32 Å². The third-order valence-electron chi connectivity index (χ3n) is 3.44. The predicted octanol–water partition coefficient (Wildman–Crippen LogP) is 4.07. The summed E-state index contributed by atoms with van der Waals surface area (Å²) >= 11 is 0. The molecule has 0 aliphatic rings. The van der Waals surface area contributed by atoms with Gasteiger partial charge in [0.05, 0.1) is 12.2 Å². The summed E-state index contributed by atoms with van der Waals surface area (Å²) < 4.78 is 78.3. The van der Waals surface area contributed by atoms with Crippen LogP contribution in [0.15, 0.2) is 24.3 Å². The summed E-state index contributed by atoms with van der Waals surface area (Å²) in [6, 6.07) is 4.77. The number of benzene rings is 1. The second kappa shape index (κ2) is 8.07. The minimum absolute atomic E-state index is 0.0341. The van der Waals surface area contributed by atoms with Gasteiger partial charge in [-0.1, -0.05) is 32.0 Å². The lowest BCUT2D eigenvalue weighted by atomic mass is 9.83. The molecule has 3 nitrogen and oxygen atoms in total. The molecule has 9 heteroatoms. The Labute approximate surface area is 141 Å². The molecule has 0 atom stereocenters. The van der Waals surface area contributed by atoms with E-state index in [1.54, 1.807) is 13.8 Å². The first kappa shape index (κ1) is 21.3. The summed E-state index contributed by atoms with van der Waals surface area (Å²) in [6.07, 6.45) is -9.19. The van der Waals surface area contributed by atoms with Crippen molar-refractivity contribution in [2.45, 2.75) is 38.0 Å². The minimum atomic E-state index is -4.47. The van der Waals surface area contributed by atoms with E-state index < -0.39 is 42.5 Å². The molecule has 1 amide bonds.